The number of piperidine rings is 1. The van der Waals surface area contributed by atoms with E-state index in [4.69, 9.17) is 0 Å². The third kappa shape index (κ3) is 4.32. The van der Waals surface area contributed by atoms with E-state index >= 15 is 0 Å². The van der Waals surface area contributed by atoms with Crippen LogP contribution >= 0.6 is 0 Å². The van der Waals surface area contributed by atoms with Crippen LogP contribution in [0.4, 0.5) is 23.2 Å². The summed E-state index contributed by atoms with van der Waals surface area (Å²) >= 11 is 0. The van der Waals surface area contributed by atoms with Crippen molar-refractivity contribution in [3.05, 3.63) is 64.7 Å². The lowest BCUT2D eigenvalue weighted by atomic mass is 9.99. The first kappa shape index (κ1) is 21.8. The van der Waals surface area contributed by atoms with E-state index in [1.807, 2.05) is 0 Å². The van der Waals surface area contributed by atoms with Crippen molar-refractivity contribution in [1.82, 2.24) is 4.90 Å². The molecule has 1 aliphatic rings. The van der Waals surface area contributed by atoms with Gasteiger partial charge in [0.1, 0.15) is 11.6 Å². The van der Waals surface area contributed by atoms with Crippen LogP contribution in [0.5, 0.6) is 0 Å². The lowest BCUT2D eigenvalue weighted by Gasteiger charge is -2.35. The van der Waals surface area contributed by atoms with Crippen LogP contribution in [-0.2, 0) is 10.7 Å². The van der Waals surface area contributed by atoms with Gasteiger partial charge >= 0.3 is 5.92 Å². The predicted molar refractivity (Wildman–Crippen MR) is 104 cm³/mol. The summed E-state index contributed by atoms with van der Waals surface area (Å²) in [7, 11) is 0. The van der Waals surface area contributed by atoms with Gasteiger partial charge in [-0.15, -0.1) is 0 Å². The van der Waals surface area contributed by atoms with Gasteiger partial charge in [0.15, 0.2) is 0 Å². The summed E-state index contributed by atoms with van der Waals surface area (Å²) in [5.74, 6) is -8.09. The van der Waals surface area contributed by atoms with E-state index in [-0.39, 0.29) is 23.8 Å². The van der Waals surface area contributed by atoms with Gasteiger partial charge in [-0.05, 0) is 75.1 Å². The van der Waals surface area contributed by atoms with E-state index < -0.39 is 34.9 Å². The van der Waals surface area contributed by atoms with Gasteiger partial charge in [-0.2, -0.15) is 8.78 Å². The largest absolute Gasteiger partial charge is 0.352 e. The van der Waals surface area contributed by atoms with E-state index in [2.05, 4.69) is 5.32 Å². The number of carbonyl (C=O) groups is 2. The summed E-state index contributed by atoms with van der Waals surface area (Å²) < 4.78 is 57.5. The highest BCUT2D eigenvalue weighted by atomic mass is 19.3. The minimum atomic E-state index is -4.11. The first-order chi connectivity index (χ1) is 14.1. The number of nitrogens with zero attached hydrogens (tertiary/aromatic N) is 1. The van der Waals surface area contributed by atoms with Gasteiger partial charge in [-0.25, -0.2) is 8.78 Å². The van der Waals surface area contributed by atoms with E-state index in [9.17, 15) is 27.2 Å². The molecule has 8 heteroatoms. The molecule has 0 spiro atoms. The fraction of sp³-hybridized carbons (Fsp3) is 0.364. The molecule has 2 aromatic carbocycles. The molecule has 0 saturated carbocycles. The third-order valence-electron chi connectivity index (χ3n) is 5.32. The van der Waals surface area contributed by atoms with Crippen LogP contribution in [0.25, 0.3) is 0 Å². The molecule has 4 nitrogen and oxygen atoms in total. The van der Waals surface area contributed by atoms with E-state index in [0.29, 0.717) is 24.5 Å². The lowest BCUT2D eigenvalue weighted by molar-refractivity contribution is -0.163. The zero-order valence-corrected chi connectivity index (χ0v) is 16.6. The van der Waals surface area contributed by atoms with Crippen molar-refractivity contribution in [1.29, 1.82) is 0 Å². The molecule has 0 radical (unpaired) electrons. The second kappa shape index (κ2) is 8.45. The molecule has 1 unspecified atom stereocenters. The normalized spacial score (nSPS) is 17.0. The Kier molecular flexibility index (Phi) is 6.14. The molecule has 1 atom stereocenters. The summed E-state index contributed by atoms with van der Waals surface area (Å²) in [5.41, 5.74) is -0.837. The van der Waals surface area contributed by atoms with Crippen LogP contribution in [0.15, 0.2) is 36.4 Å². The van der Waals surface area contributed by atoms with Gasteiger partial charge < -0.3 is 10.2 Å². The standard InChI is InChI=1S/C22H22F4N2O2/c1-13-11-16(7-9-18(13)23)27-20(29)15-6-8-19(24)17(12-15)22(25,26)21(30)28-10-4-3-5-14(28)2/h6-9,11-12,14H,3-5,10H2,1-2H3,(H,27,29). The number of amides is 2. The second-order valence-corrected chi connectivity index (χ2v) is 7.53. The Balaban J connectivity index is 1.87. The number of rotatable bonds is 4. The molecule has 160 valence electrons. The first-order valence-corrected chi connectivity index (χ1v) is 9.67. The van der Waals surface area contributed by atoms with Gasteiger partial charge in [0.05, 0.1) is 5.56 Å². The number of benzene rings is 2. The third-order valence-corrected chi connectivity index (χ3v) is 5.32. The Labute approximate surface area is 171 Å². The van der Waals surface area contributed by atoms with Crippen molar-refractivity contribution in [3.63, 3.8) is 0 Å². The second-order valence-electron chi connectivity index (χ2n) is 7.53. The molecule has 2 aromatic rings. The molecule has 1 saturated heterocycles. The van der Waals surface area contributed by atoms with Crippen LogP contribution in [0.2, 0.25) is 0 Å². The van der Waals surface area contributed by atoms with E-state index in [1.54, 1.807) is 6.92 Å². The number of nitrogens with one attached hydrogen (secondary N) is 1. The molecule has 0 aliphatic carbocycles. The zero-order valence-electron chi connectivity index (χ0n) is 16.6. The molecular weight excluding hydrogens is 400 g/mol. The Morgan fingerprint density at radius 2 is 1.77 bits per heavy atom. The van der Waals surface area contributed by atoms with Crippen LogP contribution in [0.1, 0.15) is 47.7 Å². The lowest BCUT2D eigenvalue weighted by Crippen LogP contribution is -2.49. The minimum Gasteiger partial charge on any atom is -0.334 e. The quantitative estimate of drug-likeness (QED) is 0.704. The van der Waals surface area contributed by atoms with E-state index in [1.165, 1.54) is 19.1 Å². The maximum Gasteiger partial charge on any atom is 0.352 e. The molecule has 2 amide bonds. The number of anilines is 1. The summed E-state index contributed by atoms with van der Waals surface area (Å²) in [5, 5.41) is 2.46. The fourth-order valence-corrected chi connectivity index (χ4v) is 3.53. The Hall–Kier alpha value is -2.90. The number of carbonyl (C=O) groups excluding carboxylic acids is 2. The number of likely N-dealkylation sites (tertiary alicyclic amines) is 1. The van der Waals surface area contributed by atoms with Crippen LogP contribution in [0.3, 0.4) is 0 Å². The van der Waals surface area contributed by atoms with Crippen molar-refractivity contribution in [2.24, 2.45) is 0 Å². The number of hydrogen-bond donors (Lipinski definition) is 1. The molecule has 1 fully saturated rings. The number of alkyl halides is 2. The predicted octanol–water partition coefficient (Wildman–Crippen LogP) is 5.02. The van der Waals surface area contributed by atoms with Crippen LogP contribution in [-0.4, -0.2) is 29.3 Å². The zero-order chi connectivity index (χ0) is 22.1. The molecule has 3 rings (SSSR count). The summed E-state index contributed by atoms with van der Waals surface area (Å²) in [4.78, 5) is 26.0. The average Bonchev–Trinajstić information content (AvgIpc) is 2.70. The minimum absolute atomic E-state index is 0.182. The average molecular weight is 422 g/mol. The molecule has 1 aliphatic heterocycles. The molecule has 1 N–H and O–H groups in total. The number of halogens is 4. The van der Waals surface area contributed by atoms with Crippen LogP contribution in [0, 0.1) is 18.6 Å². The molecule has 0 bridgehead atoms. The van der Waals surface area contributed by atoms with Crippen molar-refractivity contribution in [2.75, 3.05) is 11.9 Å². The smallest absolute Gasteiger partial charge is 0.334 e. The molecule has 1 heterocycles. The number of hydrogen-bond acceptors (Lipinski definition) is 2. The van der Waals surface area contributed by atoms with E-state index in [0.717, 1.165) is 29.5 Å². The fourth-order valence-electron chi connectivity index (χ4n) is 3.53. The summed E-state index contributed by atoms with van der Waals surface area (Å²) in [6.07, 6.45) is 2.04. The maximum atomic E-state index is 14.9. The maximum absolute atomic E-state index is 14.9. The Bertz CT molecular complexity index is 978. The molecular formula is C22H22F4N2O2. The van der Waals surface area contributed by atoms with Crippen LogP contribution < -0.4 is 5.32 Å². The Morgan fingerprint density at radius 3 is 2.43 bits per heavy atom. The van der Waals surface area contributed by atoms with Gasteiger partial charge in [0, 0.05) is 23.8 Å². The highest BCUT2D eigenvalue weighted by Crippen LogP contribution is 2.35. The summed E-state index contributed by atoms with van der Waals surface area (Å²) in [6, 6.07) is 5.97. The van der Waals surface area contributed by atoms with Gasteiger partial charge in [-0.3, -0.25) is 9.59 Å². The summed E-state index contributed by atoms with van der Waals surface area (Å²) in [6.45, 7) is 3.37. The first-order valence-electron chi connectivity index (χ1n) is 9.67. The Morgan fingerprint density at radius 1 is 1.07 bits per heavy atom. The topological polar surface area (TPSA) is 49.4 Å². The van der Waals surface area contributed by atoms with Crippen molar-refractivity contribution in [2.45, 2.75) is 45.1 Å². The van der Waals surface area contributed by atoms with Gasteiger partial charge in [0.2, 0.25) is 0 Å². The number of aryl methyl sites for hydroxylation is 1. The highest BCUT2D eigenvalue weighted by Gasteiger charge is 2.47. The van der Waals surface area contributed by atoms with Gasteiger partial charge in [0.25, 0.3) is 11.8 Å². The molecule has 30 heavy (non-hydrogen) atoms. The molecule has 0 aromatic heterocycles. The van der Waals surface area contributed by atoms with Crippen molar-refractivity contribution in [3.8, 4) is 0 Å². The highest BCUT2D eigenvalue weighted by molar-refractivity contribution is 6.04. The van der Waals surface area contributed by atoms with Crippen molar-refractivity contribution < 1.29 is 27.2 Å². The van der Waals surface area contributed by atoms with Gasteiger partial charge in [-0.1, -0.05) is 0 Å². The monoisotopic (exact) mass is 422 g/mol. The van der Waals surface area contributed by atoms with Crippen molar-refractivity contribution >= 4 is 17.5 Å². The SMILES string of the molecule is Cc1cc(NC(=O)c2ccc(F)c(C(F)(F)C(=O)N3CCCCC3C)c2)ccc1F.